The number of carbonyl (C=O) groups excluding carboxylic acids is 4. The second-order valence-electron chi connectivity index (χ2n) is 13.4. The zero-order valence-electron chi connectivity index (χ0n) is 28.8. The Bertz CT molecular complexity index is 1920. The number of amides is 4. The molecule has 4 aromatic carbocycles. The SMILES string of the molecule is O=C(Nc1ccc(-c2n[nH]nc2-c2ccc(NC(=O)C3CC(O)CN3C(=O)Cc3ccccc3)cc2)cc1)C1CC(O)CN1C(=O)Cc1ccccc1. The number of aliphatic hydroxyl groups is 2. The van der Waals surface area contributed by atoms with Crippen molar-refractivity contribution in [2.24, 2.45) is 0 Å². The zero-order valence-corrected chi connectivity index (χ0v) is 28.8. The molecule has 0 aliphatic carbocycles. The molecule has 3 heterocycles. The van der Waals surface area contributed by atoms with Crippen molar-refractivity contribution in [1.29, 1.82) is 0 Å². The van der Waals surface area contributed by atoms with Gasteiger partial charge in [-0.15, -0.1) is 0 Å². The summed E-state index contributed by atoms with van der Waals surface area (Å²) in [6, 6.07) is 31.1. The highest BCUT2D eigenvalue weighted by Gasteiger charge is 2.40. The summed E-state index contributed by atoms with van der Waals surface area (Å²) in [6.07, 6.45) is -0.957. The van der Waals surface area contributed by atoms with Gasteiger partial charge in [0.1, 0.15) is 23.5 Å². The fourth-order valence-electron chi connectivity index (χ4n) is 6.93. The number of hydrogen-bond acceptors (Lipinski definition) is 8. The van der Waals surface area contributed by atoms with Crippen LogP contribution in [-0.2, 0) is 32.0 Å². The Morgan fingerprint density at radius 2 is 0.962 bits per heavy atom. The maximum atomic E-state index is 13.3. The number of β-amino-alcohol motifs (C(OH)–C–C–N with tert-alkyl or cyclic N) is 2. The van der Waals surface area contributed by atoms with E-state index in [-0.39, 0.29) is 62.4 Å². The topological polar surface area (TPSA) is 181 Å². The third-order valence-corrected chi connectivity index (χ3v) is 9.60. The molecule has 0 bridgehead atoms. The van der Waals surface area contributed by atoms with Gasteiger partial charge in [0.25, 0.3) is 0 Å². The molecule has 270 valence electrons. The first-order valence-corrected chi connectivity index (χ1v) is 17.5. The van der Waals surface area contributed by atoms with Gasteiger partial charge in [0.2, 0.25) is 23.6 Å². The maximum absolute atomic E-state index is 13.3. The second-order valence-corrected chi connectivity index (χ2v) is 13.4. The minimum Gasteiger partial charge on any atom is -0.391 e. The number of rotatable bonds is 10. The number of nitrogens with zero attached hydrogens (tertiary/aromatic N) is 4. The molecule has 4 atom stereocenters. The number of benzene rings is 4. The molecule has 2 fully saturated rings. The zero-order chi connectivity index (χ0) is 36.9. The Hall–Kier alpha value is -6.18. The lowest BCUT2D eigenvalue weighted by atomic mass is 10.0. The fourth-order valence-corrected chi connectivity index (χ4v) is 6.93. The molecule has 1 aromatic heterocycles. The van der Waals surface area contributed by atoms with Crippen molar-refractivity contribution in [3.63, 3.8) is 0 Å². The Labute approximate surface area is 305 Å². The summed E-state index contributed by atoms with van der Waals surface area (Å²) in [5, 5.41) is 37.7. The van der Waals surface area contributed by atoms with Crippen molar-refractivity contribution < 1.29 is 29.4 Å². The van der Waals surface area contributed by atoms with Gasteiger partial charge in [-0.1, -0.05) is 84.9 Å². The van der Waals surface area contributed by atoms with Crippen molar-refractivity contribution in [2.45, 2.75) is 50.0 Å². The van der Waals surface area contributed by atoms with Crippen LogP contribution < -0.4 is 10.6 Å². The number of anilines is 2. The average Bonchev–Trinajstić information content (AvgIpc) is 3.92. The van der Waals surface area contributed by atoms with E-state index < -0.39 is 24.3 Å². The van der Waals surface area contributed by atoms with Crippen LogP contribution in [0.5, 0.6) is 0 Å². The Morgan fingerprint density at radius 3 is 1.34 bits per heavy atom. The van der Waals surface area contributed by atoms with Crippen LogP contribution in [0, 0.1) is 0 Å². The van der Waals surface area contributed by atoms with Gasteiger partial charge < -0.3 is 30.6 Å². The number of nitrogens with one attached hydrogen (secondary N) is 3. The van der Waals surface area contributed by atoms with Crippen LogP contribution in [0.25, 0.3) is 22.5 Å². The second kappa shape index (κ2) is 15.6. The number of aliphatic hydroxyl groups excluding tert-OH is 2. The van der Waals surface area contributed by atoms with Gasteiger partial charge >= 0.3 is 0 Å². The van der Waals surface area contributed by atoms with Gasteiger partial charge in [0.05, 0.1) is 25.0 Å². The molecular formula is C40H39N7O6. The van der Waals surface area contributed by atoms with Crippen molar-refractivity contribution in [1.82, 2.24) is 25.2 Å². The third kappa shape index (κ3) is 8.16. The first-order valence-electron chi connectivity index (χ1n) is 17.5. The highest BCUT2D eigenvalue weighted by atomic mass is 16.3. The minimum absolute atomic E-state index is 0.102. The molecule has 7 rings (SSSR count). The monoisotopic (exact) mass is 713 g/mol. The molecule has 2 aliphatic rings. The average molecular weight is 714 g/mol. The minimum atomic E-state index is -0.790. The van der Waals surface area contributed by atoms with E-state index in [1.165, 1.54) is 9.80 Å². The number of H-pyrrole nitrogens is 1. The molecule has 4 amide bonds. The van der Waals surface area contributed by atoms with Crippen molar-refractivity contribution in [2.75, 3.05) is 23.7 Å². The Balaban J connectivity index is 0.972. The van der Waals surface area contributed by atoms with E-state index in [4.69, 9.17) is 0 Å². The largest absolute Gasteiger partial charge is 0.391 e. The normalized spacial score (nSPS) is 19.6. The highest BCUT2D eigenvalue weighted by molar-refractivity contribution is 5.99. The molecular weight excluding hydrogens is 674 g/mol. The van der Waals surface area contributed by atoms with E-state index in [9.17, 15) is 29.4 Å². The van der Waals surface area contributed by atoms with Crippen molar-refractivity contribution in [3.8, 4) is 22.5 Å². The predicted molar refractivity (Wildman–Crippen MR) is 197 cm³/mol. The number of likely N-dealkylation sites (tertiary alicyclic amines) is 2. The van der Waals surface area contributed by atoms with Gasteiger partial charge in [-0.05, 0) is 35.4 Å². The van der Waals surface area contributed by atoms with Crippen LogP contribution in [0.4, 0.5) is 11.4 Å². The maximum Gasteiger partial charge on any atom is 0.247 e. The molecule has 2 saturated heterocycles. The summed E-state index contributed by atoms with van der Waals surface area (Å²) in [7, 11) is 0. The van der Waals surface area contributed by atoms with Gasteiger partial charge in [0.15, 0.2) is 0 Å². The van der Waals surface area contributed by atoms with E-state index in [1.807, 2.05) is 60.7 Å². The Kier molecular flexibility index (Phi) is 10.4. The van der Waals surface area contributed by atoms with Crippen LogP contribution in [0.1, 0.15) is 24.0 Å². The molecule has 13 nitrogen and oxygen atoms in total. The van der Waals surface area contributed by atoms with Crippen LogP contribution in [0.2, 0.25) is 0 Å². The van der Waals surface area contributed by atoms with E-state index in [1.54, 1.807) is 48.5 Å². The summed E-state index contributed by atoms with van der Waals surface area (Å²) in [4.78, 5) is 55.5. The van der Waals surface area contributed by atoms with Crippen LogP contribution in [-0.4, -0.2) is 96.4 Å². The standard InChI is InChI=1S/C40H39N7O6/c48-31-21-33(46(23-31)35(50)19-25-7-3-1-4-8-25)39(52)41-29-15-11-27(12-16-29)37-38(44-45-43-37)28-13-17-30(18-14-28)42-40(53)34-22-32(49)24-47(34)36(51)20-26-9-5-2-6-10-26/h1-18,31-34,48-49H,19-24H2,(H,41,52)(H,42,53)(H,43,44,45). The van der Waals surface area contributed by atoms with E-state index in [0.29, 0.717) is 22.8 Å². The molecule has 13 heteroatoms. The molecule has 4 unspecified atom stereocenters. The highest BCUT2D eigenvalue weighted by Crippen LogP contribution is 2.31. The van der Waals surface area contributed by atoms with Crippen molar-refractivity contribution >= 4 is 35.0 Å². The van der Waals surface area contributed by atoms with Gasteiger partial charge in [-0.3, -0.25) is 19.2 Å². The number of aromatic amines is 1. The molecule has 5 aromatic rings. The fraction of sp³-hybridized carbons (Fsp3) is 0.250. The van der Waals surface area contributed by atoms with Crippen LogP contribution in [0.3, 0.4) is 0 Å². The molecule has 0 saturated carbocycles. The lowest BCUT2D eigenvalue weighted by Crippen LogP contribution is -2.43. The molecule has 0 spiro atoms. The summed E-state index contributed by atoms with van der Waals surface area (Å²) < 4.78 is 0. The number of carbonyl (C=O) groups is 4. The molecule has 2 aliphatic heterocycles. The van der Waals surface area contributed by atoms with E-state index in [2.05, 4.69) is 26.0 Å². The van der Waals surface area contributed by atoms with Gasteiger partial charge in [-0.25, -0.2) is 0 Å². The summed E-state index contributed by atoms with van der Waals surface area (Å²) in [5.41, 5.74) is 5.34. The number of hydrogen-bond donors (Lipinski definition) is 5. The smallest absolute Gasteiger partial charge is 0.247 e. The van der Waals surface area contributed by atoms with Crippen LogP contribution in [0.15, 0.2) is 109 Å². The van der Waals surface area contributed by atoms with E-state index in [0.717, 1.165) is 22.3 Å². The lowest BCUT2D eigenvalue weighted by molar-refractivity contribution is -0.136. The Morgan fingerprint density at radius 1 is 0.585 bits per heavy atom. The summed E-state index contributed by atoms with van der Waals surface area (Å²) in [6.45, 7) is 0.203. The van der Waals surface area contributed by atoms with Gasteiger partial charge in [0, 0.05) is 48.4 Å². The first-order chi connectivity index (χ1) is 25.7. The first kappa shape index (κ1) is 35.2. The molecule has 5 N–H and O–H groups in total. The molecule has 0 radical (unpaired) electrons. The lowest BCUT2D eigenvalue weighted by Gasteiger charge is -2.24. The molecule has 53 heavy (non-hydrogen) atoms. The van der Waals surface area contributed by atoms with E-state index >= 15 is 0 Å². The third-order valence-electron chi connectivity index (χ3n) is 9.60. The quantitative estimate of drug-likeness (QED) is 0.146. The summed E-state index contributed by atoms with van der Waals surface area (Å²) in [5.74, 6) is -1.19. The number of aromatic nitrogens is 3. The predicted octanol–water partition coefficient (Wildman–Crippen LogP) is 3.42. The van der Waals surface area contributed by atoms with Crippen LogP contribution >= 0.6 is 0 Å². The van der Waals surface area contributed by atoms with Crippen molar-refractivity contribution in [3.05, 3.63) is 120 Å². The van der Waals surface area contributed by atoms with Gasteiger partial charge in [-0.2, -0.15) is 15.4 Å². The summed E-state index contributed by atoms with van der Waals surface area (Å²) >= 11 is 0.